The van der Waals surface area contributed by atoms with Crippen LogP contribution in [-0.4, -0.2) is 33.0 Å². The molecule has 0 saturated heterocycles. The van der Waals surface area contributed by atoms with Gasteiger partial charge in [-0.05, 0) is 55.8 Å². The van der Waals surface area contributed by atoms with Gasteiger partial charge in [-0.15, -0.1) is 0 Å². The lowest BCUT2D eigenvalue weighted by Crippen LogP contribution is -2.30. The lowest BCUT2D eigenvalue weighted by atomic mass is 10.2. The first-order valence-electron chi connectivity index (χ1n) is 8.58. The molecule has 150 valence electrons. The first kappa shape index (κ1) is 21.4. The van der Waals surface area contributed by atoms with Crippen molar-refractivity contribution in [2.24, 2.45) is 5.14 Å². The summed E-state index contributed by atoms with van der Waals surface area (Å²) in [4.78, 5) is 24.3. The maximum Gasteiger partial charge on any atom is 0.338 e. The quantitative estimate of drug-likeness (QED) is 0.648. The number of hydrogen-bond acceptors (Lipinski definition) is 6. The number of carbonyl (C=O) groups is 2. The molecule has 0 aliphatic rings. The van der Waals surface area contributed by atoms with E-state index in [-0.39, 0.29) is 16.1 Å². The number of benzene rings is 2. The summed E-state index contributed by atoms with van der Waals surface area (Å²) in [5.74, 6) is -0.635. The van der Waals surface area contributed by atoms with Gasteiger partial charge in [-0.1, -0.05) is 13.0 Å². The Morgan fingerprint density at radius 2 is 1.82 bits per heavy atom. The second-order valence-electron chi connectivity index (χ2n) is 5.98. The molecule has 0 radical (unpaired) electrons. The molecule has 9 heteroatoms. The summed E-state index contributed by atoms with van der Waals surface area (Å²) in [5, 5.41) is 7.55. The zero-order chi connectivity index (χ0) is 20.7. The van der Waals surface area contributed by atoms with Gasteiger partial charge < -0.3 is 14.8 Å². The van der Waals surface area contributed by atoms with Crippen LogP contribution in [0.25, 0.3) is 0 Å². The number of hydrogen-bond donors (Lipinski definition) is 2. The van der Waals surface area contributed by atoms with Crippen molar-refractivity contribution in [1.29, 1.82) is 0 Å². The molecule has 0 saturated carbocycles. The van der Waals surface area contributed by atoms with Crippen LogP contribution in [0.15, 0.2) is 53.4 Å². The van der Waals surface area contributed by atoms with Crippen molar-refractivity contribution < 1.29 is 27.5 Å². The number of nitrogens with one attached hydrogen (secondary N) is 1. The van der Waals surface area contributed by atoms with E-state index >= 15 is 0 Å². The second kappa shape index (κ2) is 9.34. The lowest BCUT2D eigenvalue weighted by Gasteiger charge is -2.14. The molecule has 0 heterocycles. The Kier molecular flexibility index (Phi) is 7.13. The molecular formula is C19H22N2O6S. The summed E-state index contributed by atoms with van der Waals surface area (Å²) < 4.78 is 33.3. The molecule has 0 bridgehead atoms. The summed E-state index contributed by atoms with van der Waals surface area (Å²) in [6, 6.07) is 11.9. The summed E-state index contributed by atoms with van der Waals surface area (Å²) in [6.07, 6.45) is -0.224. The Labute approximate surface area is 163 Å². The first-order chi connectivity index (χ1) is 13.2. The monoisotopic (exact) mass is 406 g/mol. The van der Waals surface area contributed by atoms with E-state index in [1.54, 1.807) is 24.3 Å². The normalized spacial score (nSPS) is 12.1. The Morgan fingerprint density at radius 1 is 1.14 bits per heavy atom. The van der Waals surface area contributed by atoms with Crippen LogP contribution < -0.4 is 15.2 Å². The van der Waals surface area contributed by atoms with Gasteiger partial charge in [0, 0.05) is 5.69 Å². The molecule has 0 aliphatic heterocycles. The maximum atomic E-state index is 12.2. The molecular weight excluding hydrogens is 384 g/mol. The van der Waals surface area contributed by atoms with Crippen molar-refractivity contribution >= 4 is 27.6 Å². The highest BCUT2D eigenvalue weighted by atomic mass is 32.2. The van der Waals surface area contributed by atoms with Crippen molar-refractivity contribution in [2.75, 3.05) is 11.9 Å². The fraction of sp³-hybridized carbons (Fsp3) is 0.263. The molecule has 1 amide bonds. The summed E-state index contributed by atoms with van der Waals surface area (Å²) in [5.41, 5.74) is 0.497. The van der Waals surface area contributed by atoms with E-state index in [2.05, 4.69) is 5.32 Å². The minimum atomic E-state index is -3.89. The molecule has 2 aromatic carbocycles. The Bertz CT molecular complexity index is 941. The Balaban J connectivity index is 1.97. The summed E-state index contributed by atoms with van der Waals surface area (Å²) in [7, 11) is -3.89. The van der Waals surface area contributed by atoms with E-state index in [9.17, 15) is 18.0 Å². The number of amides is 1. The van der Waals surface area contributed by atoms with Crippen LogP contribution in [0.2, 0.25) is 0 Å². The van der Waals surface area contributed by atoms with Crippen LogP contribution in [0.1, 0.15) is 30.6 Å². The molecule has 1 atom stereocenters. The van der Waals surface area contributed by atoms with Crippen LogP contribution in [0.3, 0.4) is 0 Å². The van der Waals surface area contributed by atoms with Crippen molar-refractivity contribution in [3.63, 3.8) is 0 Å². The van der Waals surface area contributed by atoms with Crippen LogP contribution in [-0.2, 0) is 19.6 Å². The maximum absolute atomic E-state index is 12.2. The van der Waals surface area contributed by atoms with E-state index in [1.165, 1.54) is 31.2 Å². The zero-order valence-electron chi connectivity index (χ0n) is 15.5. The molecule has 0 spiro atoms. The van der Waals surface area contributed by atoms with Crippen molar-refractivity contribution in [3.05, 3.63) is 54.1 Å². The minimum absolute atomic E-state index is 0.139. The number of primary sulfonamides is 1. The smallest absolute Gasteiger partial charge is 0.338 e. The van der Waals surface area contributed by atoms with Gasteiger partial charge in [0.2, 0.25) is 10.0 Å². The topological polar surface area (TPSA) is 125 Å². The molecule has 0 fully saturated rings. The molecule has 2 aromatic rings. The van der Waals surface area contributed by atoms with Crippen molar-refractivity contribution in [3.8, 4) is 5.75 Å². The average Bonchev–Trinajstić information content (AvgIpc) is 2.66. The van der Waals surface area contributed by atoms with Gasteiger partial charge in [-0.3, -0.25) is 4.79 Å². The molecule has 3 N–H and O–H groups in total. The highest BCUT2D eigenvalue weighted by Crippen LogP contribution is 2.16. The molecule has 0 unspecified atom stereocenters. The molecule has 28 heavy (non-hydrogen) atoms. The number of esters is 1. The third-order valence-electron chi connectivity index (χ3n) is 3.65. The van der Waals surface area contributed by atoms with Crippen molar-refractivity contribution in [1.82, 2.24) is 0 Å². The molecule has 2 rings (SSSR count). The zero-order valence-corrected chi connectivity index (χ0v) is 16.4. The van der Waals surface area contributed by atoms with E-state index in [1.807, 2.05) is 6.92 Å². The standard InChI is InChI=1S/C19H22N2O6S/c1-3-11-26-16-9-7-14(8-10-16)19(23)27-13(2)18(22)21-15-5-4-6-17(12-15)28(20,24)25/h4-10,12-13H,3,11H2,1-2H3,(H,21,22)(H2,20,24,25)/t13-/m1/s1. The molecule has 8 nitrogen and oxygen atoms in total. The number of rotatable bonds is 8. The summed E-state index contributed by atoms with van der Waals surface area (Å²) >= 11 is 0. The molecule has 0 aromatic heterocycles. The van der Waals surface area contributed by atoms with Crippen LogP contribution in [0, 0.1) is 0 Å². The van der Waals surface area contributed by atoms with Gasteiger partial charge in [-0.25, -0.2) is 18.4 Å². The van der Waals surface area contributed by atoms with Gasteiger partial charge in [0.15, 0.2) is 6.10 Å². The first-order valence-corrected chi connectivity index (χ1v) is 10.1. The minimum Gasteiger partial charge on any atom is -0.494 e. The van der Waals surface area contributed by atoms with Crippen LogP contribution in [0.4, 0.5) is 5.69 Å². The van der Waals surface area contributed by atoms with Gasteiger partial charge in [0.25, 0.3) is 5.91 Å². The van der Waals surface area contributed by atoms with E-state index < -0.39 is 28.0 Å². The predicted molar refractivity (Wildman–Crippen MR) is 104 cm³/mol. The van der Waals surface area contributed by atoms with Crippen molar-refractivity contribution in [2.45, 2.75) is 31.3 Å². The average molecular weight is 406 g/mol. The van der Waals surface area contributed by atoms with Gasteiger partial charge in [0.1, 0.15) is 5.75 Å². The third-order valence-corrected chi connectivity index (χ3v) is 4.56. The highest BCUT2D eigenvalue weighted by molar-refractivity contribution is 7.89. The molecule has 0 aliphatic carbocycles. The number of nitrogens with two attached hydrogens (primary N) is 1. The van der Waals surface area contributed by atoms with Crippen LogP contribution in [0.5, 0.6) is 5.75 Å². The fourth-order valence-electron chi connectivity index (χ4n) is 2.18. The largest absolute Gasteiger partial charge is 0.494 e. The Morgan fingerprint density at radius 3 is 2.43 bits per heavy atom. The highest BCUT2D eigenvalue weighted by Gasteiger charge is 2.19. The van der Waals surface area contributed by atoms with Crippen LogP contribution >= 0.6 is 0 Å². The number of sulfonamides is 1. The number of anilines is 1. The lowest BCUT2D eigenvalue weighted by molar-refractivity contribution is -0.123. The van der Waals surface area contributed by atoms with Gasteiger partial charge in [0.05, 0.1) is 17.1 Å². The van der Waals surface area contributed by atoms with E-state index in [0.29, 0.717) is 12.4 Å². The SMILES string of the molecule is CCCOc1ccc(C(=O)O[C@H](C)C(=O)Nc2cccc(S(N)(=O)=O)c2)cc1. The van der Waals surface area contributed by atoms with Gasteiger partial charge >= 0.3 is 5.97 Å². The van der Waals surface area contributed by atoms with E-state index in [0.717, 1.165) is 6.42 Å². The fourth-order valence-corrected chi connectivity index (χ4v) is 2.74. The number of carbonyl (C=O) groups excluding carboxylic acids is 2. The van der Waals surface area contributed by atoms with E-state index in [4.69, 9.17) is 14.6 Å². The summed E-state index contributed by atoms with van der Waals surface area (Å²) in [6.45, 7) is 3.98. The Hall–Kier alpha value is -2.91. The van der Waals surface area contributed by atoms with Gasteiger partial charge in [-0.2, -0.15) is 0 Å². The predicted octanol–water partition coefficient (Wildman–Crippen LogP) is 2.31. The third kappa shape index (κ3) is 6.07. The second-order valence-corrected chi connectivity index (χ2v) is 7.54. The number of ether oxygens (including phenoxy) is 2.